The lowest BCUT2D eigenvalue weighted by Crippen LogP contribution is -2.57. The van der Waals surface area contributed by atoms with Crippen LogP contribution in [0.5, 0.6) is 0 Å². The minimum atomic E-state index is 0.0557. The van der Waals surface area contributed by atoms with Gasteiger partial charge in [0.25, 0.3) is 0 Å². The molecule has 0 amide bonds. The van der Waals surface area contributed by atoms with Crippen LogP contribution in [0.2, 0.25) is 0 Å². The normalized spacial score (nSPS) is 24.9. The second-order valence-corrected chi connectivity index (χ2v) is 7.25. The first-order valence-corrected chi connectivity index (χ1v) is 8.19. The first-order chi connectivity index (χ1) is 8.90. The zero-order valence-corrected chi connectivity index (χ0v) is 14.0. The van der Waals surface area contributed by atoms with Gasteiger partial charge in [-0.2, -0.15) is 0 Å². The van der Waals surface area contributed by atoms with Gasteiger partial charge < -0.3 is 10.1 Å². The summed E-state index contributed by atoms with van der Waals surface area (Å²) in [5, 5.41) is 3.78. The summed E-state index contributed by atoms with van der Waals surface area (Å²) in [5.74, 6) is 0.674. The molecule has 0 bridgehead atoms. The molecule has 19 heavy (non-hydrogen) atoms. The molecule has 0 heterocycles. The maximum Gasteiger partial charge on any atom is 0.0833 e. The highest BCUT2D eigenvalue weighted by Crippen LogP contribution is 2.44. The van der Waals surface area contributed by atoms with Gasteiger partial charge in [-0.1, -0.05) is 41.0 Å². The second-order valence-electron chi connectivity index (χ2n) is 7.25. The smallest absolute Gasteiger partial charge is 0.0833 e. The number of nitrogens with one attached hydrogen (secondary N) is 1. The Balaban J connectivity index is 2.83. The predicted octanol–water partition coefficient (Wildman–Crippen LogP) is 4.39. The highest BCUT2D eigenvalue weighted by atomic mass is 16.5. The van der Waals surface area contributed by atoms with Gasteiger partial charge in [-0.25, -0.2) is 0 Å². The van der Waals surface area contributed by atoms with E-state index in [9.17, 15) is 0 Å². The third kappa shape index (κ3) is 4.19. The van der Waals surface area contributed by atoms with E-state index in [4.69, 9.17) is 4.74 Å². The molecule has 2 unspecified atom stereocenters. The minimum Gasteiger partial charge on any atom is -0.377 e. The van der Waals surface area contributed by atoms with E-state index in [0.29, 0.717) is 17.4 Å². The van der Waals surface area contributed by atoms with Crippen LogP contribution in [0.1, 0.15) is 73.1 Å². The third-order valence-electron chi connectivity index (χ3n) is 5.25. The molecule has 1 aliphatic rings. The molecule has 1 aliphatic carbocycles. The molecule has 0 spiro atoms. The standard InChI is InChI=1S/C17H35NO/c1-7-13-18-15(14(3)8-2)17(19-6)11-9-16(4,5)10-12-17/h14-15,18H,7-13H2,1-6H3. The van der Waals surface area contributed by atoms with Crippen molar-refractivity contribution in [3.63, 3.8) is 0 Å². The predicted molar refractivity (Wildman–Crippen MR) is 83.5 cm³/mol. The third-order valence-corrected chi connectivity index (χ3v) is 5.25. The summed E-state index contributed by atoms with van der Waals surface area (Å²) in [4.78, 5) is 0. The van der Waals surface area contributed by atoms with E-state index in [1.54, 1.807) is 0 Å². The zero-order chi connectivity index (χ0) is 14.5. The van der Waals surface area contributed by atoms with E-state index in [2.05, 4.69) is 39.9 Å². The molecule has 1 rings (SSSR count). The zero-order valence-electron chi connectivity index (χ0n) is 14.0. The van der Waals surface area contributed by atoms with E-state index in [1.165, 1.54) is 38.5 Å². The fourth-order valence-electron chi connectivity index (χ4n) is 3.43. The maximum absolute atomic E-state index is 6.09. The van der Waals surface area contributed by atoms with E-state index in [1.807, 2.05) is 7.11 Å². The lowest BCUT2D eigenvalue weighted by atomic mass is 9.66. The molecule has 0 saturated heterocycles. The van der Waals surface area contributed by atoms with Crippen molar-refractivity contribution in [3.05, 3.63) is 0 Å². The molecular formula is C17H35NO. The first kappa shape index (κ1) is 17.0. The van der Waals surface area contributed by atoms with Gasteiger partial charge in [0, 0.05) is 13.2 Å². The molecule has 2 heteroatoms. The SMILES string of the molecule is CCCNC(C(C)CC)C1(OC)CCC(C)(C)CC1. The Morgan fingerprint density at radius 2 is 1.68 bits per heavy atom. The summed E-state index contributed by atoms with van der Waals surface area (Å²) in [6.45, 7) is 12.8. The Kier molecular flexibility index (Phi) is 6.32. The Morgan fingerprint density at radius 1 is 1.11 bits per heavy atom. The van der Waals surface area contributed by atoms with Crippen LogP contribution in [0.25, 0.3) is 0 Å². The van der Waals surface area contributed by atoms with Crippen molar-refractivity contribution in [2.24, 2.45) is 11.3 Å². The Labute approximate surface area is 120 Å². The molecule has 0 radical (unpaired) electrons. The molecule has 2 atom stereocenters. The van der Waals surface area contributed by atoms with Gasteiger partial charge in [-0.15, -0.1) is 0 Å². The Morgan fingerprint density at radius 3 is 2.11 bits per heavy atom. The number of ether oxygens (including phenoxy) is 1. The van der Waals surface area contributed by atoms with Crippen LogP contribution >= 0.6 is 0 Å². The van der Waals surface area contributed by atoms with Crippen molar-refractivity contribution in [2.45, 2.75) is 84.8 Å². The van der Waals surface area contributed by atoms with Crippen LogP contribution in [0, 0.1) is 11.3 Å². The molecule has 2 nitrogen and oxygen atoms in total. The lowest BCUT2D eigenvalue weighted by molar-refractivity contribution is -0.0975. The number of rotatable bonds is 7. The Bertz CT molecular complexity index is 252. The highest BCUT2D eigenvalue weighted by Gasteiger charge is 2.45. The van der Waals surface area contributed by atoms with Gasteiger partial charge in [0.15, 0.2) is 0 Å². The van der Waals surface area contributed by atoms with Gasteiger partial charge >= 0.3 is 0 Å². The number of hydrogen-bond acceptors (Lipinski definition) is 2. The average molecular weight is 269 g/mol. The second kappa shape index (κ2) is 7.08. The fourth-order valence-corrected chi connectivity index (χ4v) is 3.43. The quantitative estimate of drug-likeness (QED) is 0.740. The summed E-state index contributed by atoms with van der Waals surface area (Å²) < 4.78 is 6.09. The van der Waals surface area contributed by atoms with E-state index < -0.39 is 0 Å². The average Bonchev–Trinajstić information content (AvgIpc) is 2.40. The minimum absolute atomic E-state index is 0.0557. The van der Waals surface area contributed by atoms with Crippen molar-refractivity contribution in [1.29, 1.82) is 0 Å². The van der Waals surface area contributed by atoms with Crippen LogP contribution in [0.3, 0.4) is 0 Å². The van der Waals surface area contributed by atoms with Crippen molar-refractivity contribution in [1.82, 2.24) is 5.32 Å². The molecule has 1 fully saturated rings. The van der Waals surface area contributed by atoms with Crippen molar-refractivity contribution < 1.29 is 4.74 Å². The van der Waals surface area contributed by atoms with Crippen molar-refractivity contribution >= 4 is 0 Å². The summed E-state index contributed by atoms with van der Waals surface area (Å²) in [5.41, 5.74) is 0.549. The van der Waals surface area contributed by atoms with E-state index >= 15 is 0 Å². The van der Waals surface area contributed by atoms with Crippen molar-refractivity contribution in [3.8, 4) is 0 Å². The van der Waals surface area contributed by atoms with Gasteiger partial charge in [0.2, 0.25) is 0 Å². The van der Waals surface area contributed by atoms with E-state index in [-0.39, 0.29) is 5.60 Å². The first-order valence-electron chi connectivity index (χ1n) is 8.19. The molecule has 0 aromatic rings. The monoisotopic (exact) mass is 269 g/mol. The summed E-state index contributed by atoms with van der Waals surface area (Å²) >= 11 is 0. The van der Waals surface area contributed by atoms with Gasteiger partial charge in [-0.05, 0) is 50.0 Å². The van der Waals surface area contributed by atoms with Gasteiger partial charge in [0.05, 0.1) is 5.60 Å². The molecule has 0 aromatic carbocycles. The maximum atomic E-state index is 6.09. The summed E-state index contributed by atoms with van der Waals surface area (Å²) in [6, 6.07) is 0.499. The molecule has 1 saturated carbocycles. The van der Waals surface area contributed by atoms with Gasteiger partial charge in [0.1, 0.15) is 0 Å². The molecule has 1 N–H and O–H groups in total. The number of hydrogen-bond donors (Lipinski definition) is 1. The molecule has 0 aliphatic heterocycles. The lowest BCUT2D eigenvalue weighted by Gasteiger charge is -2.49. The fraction of sp³-hybridized carbons (Fsp3) is 1.00. The van der Waals surface area contributed by atoms with Gasteiger partial charge in [-0.3, -0.25) is 0 Å². The largest absolute Gasteiger partial charge is 0.377 e. The molecule has 114 valence electrons. The summed E-state index contributed by atoms with van der Waals surface area (Å²) in [7, 11) is 1.92. The highest BCUT2D eigenvalue weighted by molar-refractivity contribution is 5.00. The van der Waals surface area contributed by atoms with Crippen LogP contribution < -0.4 is 5.32 Å². The van der Waals surface area contributed by atoms with Crippen LogP contribution in [0.15, 0.2) is 0 Å². The van der Waals surface area contributed by atoms with Crippen LogP contribution in [0.4, 0.5) is 0 Å². The topological polar surface area (TPSA) is 21.3 Å². The number of methoxy groups -OCH3 is 1. The van der Waals surface area contributed by atoms with Crippen LogP contribution in [-0.2, 0) is 4.74 Å². The van der Waals surface area contributed by atoms with E-state index in [0.717, 1.165) is 6.54 Å². The Hall–Kier alpha value is -0.0800. The van der Waals surface area contributed by atoms with Crippen LogP contribution in [-0.4, -0.2) is 25.3 Å². The summed E-state index contributed by atoms with van der Waals surface area (Å²) in [6.07, 6.45) is 7.36. The van der Waals surface area contributed by atoms with Crippen molar-refractivity contribution in [2.75, 3.05) is 13.7 Å². The molecular weight excluding hydrogens is 234 g/mol. The molecule has 0 aromatic heterocycles.